The zero-order valence-electron chi connectivity index (χ0n) is 16.6. The summed E-state index contributed by atoms with van der Waals surface area (Å²) in [5.41, 5.74) is 2.16. The number of carbonyl (C=O) groups excluding carboxylic acids is 1. The van der Waals surface area contributed by atoms with Crippen LogP contribution in [0.5, 0.6) is 5.75 Å². The number of methoxy groups -OCH3 is 1. The topological polar surface area (TPSA) is 50.8 Å². The Balaban J connectivity index is 1.63. The van der Waals surface area contributed by atoms with Gasteiger partial charge in [-0.1, -0.05) is 30.9 Å². The van der Waals surface area contributed by atoms with E-state index in [0.29, 0.717) is 6.54 Å². The standard InChI is InChI=1S/C22H32N2O3/c1-18-6-8-20(26-2)19(16-18)7-9-21(25)23-17-22(10-4-3-5-11-22)24-12-14-27-15-13-24/h6-9,16H,3-5,10-15,17H2,1-2H3,(H,23,25)/b9-7+. The van der Waals surface area contributed by atoms with Crippen molar-refractivity contribution in [2.75, 3.05) is 40.0 Å². The summed E-state index contributed by atoms with van der Waals surface area (Å²) in [5.74, 6) is 0.735. The third-order valence-electron chi connectivity index (χ3n) is 5.86. The molecule has 1 aliphatic carbocycles. The molecule has 2 aliphatic rings. The highest BCUT2D eigenvalue weighted by atomic mass is 16.5. The summed E-state index contributed by atoms with van der Waals surface area (Å²) in [6.45, 7) is 6.26. The maximum atomic E-state index is 12.5. The molecule has 1 saturated heterocycles. The summed E-state index contributed by atoms with van der Waals surface area (Å²) in [7, 11) is 1.65. The zero-order chi connectivity index (χ0) is 19.1. The normalized spacial score (nSPS) is 20.5. The second-order valence-corrected chi connectivity index (χ2v) is 7.68. The van der Waals surface area contributed by atoms with Crippen LogP contribution < -0.4 is 10.1 Å². The molecule has 1 heterocycles. The van der Waals surface area contributed by atoms with E-state index < -0.39 is 0 Å². The first-order valence-electron chi connectivity index (χ1n) is 10.1. The number of morpholine rings is 1. The van der Waals surface area contributed by atoms with E-state index in [1.54, 1.807) is 13.2 Å². The molecule has 2 fully saturated rings. The van der Waals surface area contributed by atoms with Crippen LogP contribution in [0.15, 0.2) is 24.3 Å². The number of hydrogen-bond acceptors (Lipinski definition) is 4. The van der Waals surface area contributed by atoms with Gasteiger partial charge in [-0.3, -0.25) is 9.69 Å². The number of nitrogens with zero attached hydrogens (tertiary/aromatic N) is 1. The quantitative estimate of drug-likeness (QED) is 0.780. The lowest BCUT2D eigenvalue weighted by Crippen LogP contribution is -2.59. The molecular weight excluding hydrogens is 340 g/mol. The number of ether oxygens (including phenoxy) is 2. The van der Waals surface area contributed by atoms with Crippen LogP contribution in [-0.2, 0) is 9.53 Å². The second kappa shape index (κ2) is 9.38. The van der Waals surface area contributed by atoms with Gasteiger partial charge in [0.05, 0.1) is 20.3 Å². The van der Waals surface area contributed by atoms with Crippen LogP contribution in [0.25, 0.3) is 6.08 Å². The molecule has 0 unspecified atom stereocenters. The van der Waals surface area contributed by atoms with Crippen molar-refractivity contribution in [3.8, 4) is 5.75 Å². The molecule has 1 aromatic carbocycles. The smallest absolute Gasteiger partial charge is 0.244 e. The summed E-state index contributed by atoms with van der Waals surface area (Å²) in [6, 6.07) is 5.97. The minimum atomic E-state index is -0.0447. The molecular formula is C22H32N2O3. The Labute approximate surface area is 162 Å². The minimum absolute atomic E-state index is 0.0447. The molecule has 5 nitrogen and oxygen atoms in total. The first-order valence-corrected chi connectivity index (χ1v) is 10.1. The van der Waals surface area contributed by atoms with Crippen LogP contribution in [0, 0.1) is 6.92 Å². The van der Waals surface area contributed by atoms with Crippen LogP contribution in [0.2, 0.25) is 0 Å². The van der Waals surface area contributed by atoms with E-state index >= 15 is 0 Å². The number of carbonyl (C=O) groups is 1. The van der Waals surface area contributed by atoms with Crippen LogP contribution in [0.4, 0.5) is 0 Å². The van der Waals surface area contributed by atoms with Crippen molar-refractivity contribution < 1.29 is 14.3 Å². The number of benzene rings is 1. The number of aryl methyl sites for hydroxylation is 1. The highest BCUT2D eigenvalue weighted by Crippen LogP contribution is 2.33. The first-order chi connectivity index (χ1) is 13.1. The van der Waals surface area contributed by atoms with Crippen molar-refractivity contribution in [2.45, 2.75) is 44.6 Å². The van der Waals surface area contributed by atoms with Crippen molar-refractivity contribution in [3.63, 3.8) is 0 Å². The van der Waals surface area contributed by atoms with Crippen LogP contribution in [-0.4, -0.2) is 56.3 Å². The third-order valence-corrected chi connectivity index (χ3v) is 5.86. The summed E-state index contributed by atoms with van der Waals surface area (Å²) in [4.78, 5) is 15.0. The fourth-order valence-corrected chi connectivity index (χ4v) is 4.31. The van der Waals surface area contributed by atoms with Crippen molar-refractivity contribution in [2.24, 2.45) is 0 Å². The molecule has 0 radical (unpaired) electrons. The Bertz CT molecular complexity index is 660. The van der Waals surface area contributed by atoms with Crippen molar-refractivity contribution in [1.82, 2.24) is 10.2 Å². The van der Waals surface area contributed by atoms with Gasteiger partial charge in [0.2, 0.25) is 5.91 Å². The summed E-state index contributed by atoms with van der Waals surface area (Å²) in [6.07, 6.45) is 9.54. The van der Waals surface area contributed by atoms with Crippen molar-refractivity contribution >= 4 is 12.0 Å². The number of rotatable bonds is 6. The Morgan fingerprint density at radius 1 is 1.26 bits per heavy atom. The minimum Gasteiger partial charge on any atom is -0.496 e. The lowest BCUT2D eigenvalue weighted by Gasteiger charge is -2.48. The Kier molecular flexibility index (Phi) is 6.91. The number of amides is 1. The Morgan fingerprint density at radius 3 is 2.70 bits per heavy atom. The average molecular weight is 373 g/mol. The van der Waals surface area contributed by atoms with Gasteiger partial charge in [-0.2, -0.15) is 0 Å². The van der Waals surface area contributed by atoms with E-state index in [2.05, 4.69) is 10.2 Å². The SMILES string of the molecule is COc1ccc(C)cc1/C=C/C(=O)NCC1(N2CCOCC2)CCCCC1. The molecule has 0 atom stereocenters. The highest BCUT2D eigenvalue weighted by Gasteiger charge is 2.38. The fourth-order valence-electron chi connectivity index (χ4n) is 4.31. The van der Waals surface area contributed by atoms with Crippen LogP contribution in [0.3, 0.4) is 0 Å². The van der Waals surface area contributed by atoms with E-state index in [9.17, 15) is 4.79 Å². The summed E-state index contributed by atoms with van der Waals surface area (Å²) in [5, 5.41) is 3.16. The first kappa shape index (κ1) is 19.9. The largest absolute Gasteiger partial charge is 0.496 e. The highest BCUT2D eigenvalue weighted by molar-refractivity contribution is 5.92. The summed E-state index contributed by atoms with van der Waals surface area (Å²) >= 11 is 0. The molecule has 0 aromatic heterocycles. The monoisotopic (exact) mass is 372 g/mol. The predicted molar refractivity (Wildman–Crippen MR) is 108 cm³/mol. The fraction of sp³-hybridized carbons (Fsp3) is 0.591. The van der Waals surface area contributed by atoms with Gasteiger partial charge in [-0.25, -0.2) is 0 Å². The summed E-state index contributed by atoms with van der Waals surface area (Å²) < 4.78 is 10.9. The Hall–Kier alpha value is -1.85. The molecule has 0 bridgehead atoms. The van der Waals surface area contributed by atoms with Crippen LogP contribution in [0.1, 0.15) is 43.2 Å². The van der Waals surface area contributed by atoms with Gasteiger partial charge in [0.15, 0.2) is 0 Å². The van der Waals surface area contributed by atoms with Gasteiger partial charge < -0.3 is 14.8 Å². The maximum absolute atomic E-state index is 12.5. The van der Waals surface area contributed by atoms with Gasteiger partial charge in [-0.15, -0.1) is 0 Å². The average Bonchev–Trinajstić information content (AvgIpc) is 2.72. The lowest BCUT2D eigenvalue weighted by molar-refractivity contribution is -0.117. The van der Waals surface area contributed by atoms with Gasteiger partial charge in [0.25, 0.3) is 0 Å². The number of hydrogen-bond donors (Lipinski definition) is 1. The molecule has 1 N–H and O–H groups in total. The van der Waals surface area contributed by atoms with E-state index in [-0.39, 0.29) is 11.4 Å². The zero-order valence-corrected chi connectivity index (χ0v) is 16.6. The van der Waals surface area contributed by atoms with Crippen molar-refractivity contribution in [1.29, 1.82) is 0 Å². The predicted octanol–water partition coefficient (Wildman–Crippen LogP) is 3.17. The molecule has 27 heavy (non-hydrogen) atoms. The van der Waals surface area contributed by atoms with E-state index in [1.807, 2.05) is 31.2 Å². The number of nitrogens with one attached hydrogen (secondary N) is 1. The molecule has 1 amide bonds. The second-order valence-electron chi connectivity index (χ2n) is 7.68. The Morgan fingerprint density at radius 2 is 2.00 bits per heavy atom. The lowest BCUT2D eigenvalue weighted by atomic mass is 9.79. The molecule has 3 rings (SSSR count). The molecule has 1 aromatic rings. The van der Waals surface area contributed by atoms with Crippen LogP contribution >= 0.6 is 0 Å². The van der Waals surface area contributed by atoms with E-state index in [1.165, 1.54) is 19.3 Å². The van der Waals surface area contributed by atoms with Gasteiger partial charge in [-0.05, 0) is 38.0 Å². The third kappa shape index (κ3) is 5.11. The molecule has 5 heteroatoms. The molecule has 0 spiro atoms. The van der Waals surface area contributed by atoms with E-state index in [4.69, 9.17) is 9.47 Å². The van der Waals surface area contributed by atoms with Gasteiger partial charge in [0.1, 0.15) is 5.75 Å². The van der Waals surface area contributed by atoms with E-state index in [0.717, 1.165) is 56.0 Å². The van der Waals surface area contributed by atoms with Gasteiger partial charge >= 0.3 is 0 Å². The molecule has 1 saturated carbocycles. The maximum Gasteiger partial charge on any atom is 0.244 e. The molecule has 148 valence electrons. The molecule has 1 aliphatic heterocycles. The van der Waals surface area contributed by atoms with Gasteiger partial charge in [0, 0.05) is 36.8 Å². The van der Waals surface area contributed by atoms with Crippen molar-refractivity contribution in [3.05, 3.63) is 35.4 Å².